The highest BCUT2D eigenvalue weighted by molar-refractivity contribution is 8.00. The molecule has 1 unspecified atom stereocenters. The summed E-state index contributed by atoms with van der Waals surface area (Å²) >= 11 is 1.07. The van der Waals surface area contributed by atoms with Crippen LogP contribution in [-0.2, 0) is 4.79 Å². The Labute approximate surface area is 182 Å². The van der Waals surface area contributed by atoms with Gasteiger partial charge in [-0.1, -0.05) is 11.8 Å². The van der Waals surface area contributed by atoms with Crippen molar-refractivity contribution in [2.24, 2.45) is 0 Å². The number of rotatable bonds is 6. The van der Waals surface area contributed by atoms with E-state index in [1.54, 1.807) is 19.1 Å². The second-order valence-electron chi connectivity index (χ2n) is 6.59. The van der Waals surface area contributed by atoms with E-state index in [0.717, 1.165) is 23.9 Å². The molecule has 0 aliphatic carbocycles. The SMILES string of the molecule is CC(Sc1nnnn1-c1ccc(OC(F)(F)F)cc1)C(=O)c1ccc2c(c1)NC(=O)CO2. The van der Waals surface area contributed by atoms with Gasteiger partial charge in [-0.2, -0.15) is 4.68 Å². The van der Waals surface area contributed by atoms with Crippen molar-refractivity contribution in [1.29, 1.82) is 0 Å². The van der Waals surface area contributed by atoms with Crippen LogP contribution < -0.4 is 14.8 Å². The summed E-state index contributed by atoms with van der Waals surface area (Å²) < 4.78 is 47.4. The summed E-state index contributed by atoms with van der Waals surface area (Å²) in [5.41, 5.74) is 1.16. The molecule has 1 aliphatic heterocycles. The second kappa shape index (κ2) is 8.49. The first-order valence-corrected chi connectivity index (χ1v) is 10.00. The fraction of sp³-hybridized carbons (Fsp3) is 0.211. The molecule has 1 aromatic heterocycles. The van der Waals surface area contributed by atoms with Gasteiger partial charge < -0.3 is 14.8 Å². The van der Waals surface area contributed by atoms with Gasteiger partial charge >= 0.3 is 6.36 Å². The summed E-state index contributed by atoms with van der Waals surface area (Å²) in [6.07, 6.45) is -4.79. The van der Waals surface area contributed by atoms with Crippen LogP contribution in [-0.4, -0.2) is 50.1 Å². The Bertz CT molecular complexity index is 1170. The summed E-state index contributed by atoms with van der Waals surface area (Å²) in [6.45, 7) is 1.58. The monoisotopic (exact) mass is 465 g/mol. The number of fused-ring (bicyclic) bond motifs is 1. The predicted octanol–water partition coefficient (Wildman–Crippen LogP) is 3.26. The van der Waals surface area contributed by atoms with Crippen LogP contribution >= 0.6 is 11.8 Å². The molecule has 9 nitrogen and oxygen atoms in total. The number of Topliss-reactive ketones (excluding diaryl/α,β-unsaturated/α-hetero) is 1. The largest absolute Gasteiger partial charge is 0.573 e. The van der Waals surface area contributed by atoms with Crippen molar-refractivity contribution in [3.8, 4) is 17.2 Å². The lowest BCUT2D eigenvalue weighted by Crippen LogP contribution is -2.25. The Morgan fingerprint density at radius 2 is 2.00 bits per heavy atom. The second-order valence-corrected chi connectivity index (χ2v) is 7.90. The number of halogens is 3. The van der Waals surface area contributed by atoms with Gasteiger partial charge in [-0.3, -0.25) is 9.59 Å². The van der Waals surface area contributed by atoms with Crippen LogP contribution in [0.4, 0.5) is 18.9 Å². The lowest BCUT2D eigenvalue weighted by Gasteiger charge is -2.19. The van der Waals surface area contributed by atoms with Crippen molar-refractivity contribution in [2.45, 2.75) is 23.7 Å². The number of carbonyl (C=O) groups is 2. The summed E-state index contributed by atoms with van der Waals surface area (Å²) in [7, 11) is 0. The average Bonchev–Trinajstić information content (AvgIpc) is 3.20. The van der Waals surface area contributed by atoms with Crippen molar-refractivity contribution >= 4 is 29.1 Å². The standard InChI is InChI=1S/C19H14F3N5O4S/c1-10(17(29)11-2-7-15-14(8-11)23-16(28)9-30-15)32-18-24-25-26-27(18)12-3-5-13(6-4-12)31-19(20,21)22/h2-8,10H,9H2,1H3,(H,23,28). The fourth-order valence-electron chi connectivity index (χ4n) is 2.89. The first kappa shape index (κ1) is 21.6. The Balaban J connectivity index is 1.49. The zero-order valence-corrected chi connectivity index (χ0v) is 17.1. The number of alkyl halides is 3. The number of benzene rings is 2. The number of ketones is 1. The van der Waals surface area contributed by atoms with Gasteiger partial charge in [0.2, 0.25) is 5.16 Å². The quantitative estimate of drug-likeness (QED) is 0.437. The number of nitrogens with one attached hydrogen (secondary N) is 1. The average molecular weight is 465 g/mol. The highest BCUT2D eigenvalue weighted by Gasteiger charge is 2.31. The molecular weight excluding hydrogens is 451 g/mol. The van der Waals surface area contributed by atoms with Gasteiger partial charge in [-0.15, -0.1) is 18.3 Å². The van der Waals surface area contributed by atoms with E-state index in [9.17, 15) is 22.8 Å². The van der Waals surface area contributed by atoms with Crippen LogP contribution in [0.1, 0.15) is 17.3 Å². The third kappa shape index (κ3) is 4.82. The molecule has 32 heavy (non-hydrogen) atoms. The minimum atomic E-state index is -4.79. The van der Waals surface area contributed by atoms with Gasteiger partial charge in [-0.25, -0.2) is 0 Å². The number of hydrogen-bond acceptors (Lipinski definition) is 8. The minimum absolute atomic E-state index is 0.0848. The third-order valence-electron chi connectivity index (χ3n) is 4.30. The van der Waals surface area contributed by atoms with Crippen LogP contribution in [0.5, 0.6) is 11.5 Å². The normalized spacial score (nSPS) is 14.2. The molecular formula is C19H14F3N5O4S. The Kier molecular flexibility index (Phi) is 5.74. The van der Waals surface area contributed by atoms with Crippen molar-refractivity contribution in [3.63, 3.8) is 0 Å². The molecule has 0 saturated heterocycles. The van der Waals surface area contributed by atoms with E-state index in [1.807, 2.05) is 0 Å². The van der Waals surface area contributed by atoms with Crippen molar-refractivity contribution in [3.05, 3.63) is 48.0 Å². The molecule has 0 spiro atoms. The summed E-state index contributed by atoms with van der Waals surface area (Å²) in [4.78, 5) is 24.4. The molecule has 1 aliphatic rings. The van der Waals surface area contributed by atoms with Crippen LogP contribution in [0.25, 0.3) is 5.69 Å². The van der Waals surface area contributed by atoms with Crippen molar-refractivity contribution in [1.82, 2.24) is 20.2 Å². The molecule has 0 bridgehead atoms. The van der Waals surface area contributed by atoms with Gasteiger partial charge in [0.25, 0.3) is 5.91 Å². The molecule has 0 radical (unpaired) electrons. The molecule has 166 valence electrons. The number of aromatic nitrogens is 4. The van der Waals surface area contributed by atoms with E-state index in [2.05, 4.69) is 25.6 Å². The number of carbonyl (C=O) groups excluding carboxylic acids is 2. The molecule has 1 amide bonds. The topological polar surface area (TPSA) is 108 Å². The predicted molar refractivity (Wildman–Crippen MR) is 106 cm³/mol. The number of nitrogens with zero attached hydrogens (tertiary/aromatic N) is 4. The number of hydrogen-bond donors (Lipinski definition) is 1. The summed E-state index contributed by atoms with van der Waals surface area (Å²) in [5.74, 6) is -0.449. The molecule has 3 aromatic rings. The lowest BCUT2D eigenvalue weighted by atomic mass is 10.1. The maximum Gasteiger partial charge on any atom is 0.573 e. The first-order valence-electron chi connectivity index (χ1n) is 9.12. The van der Waals surface area contributed by atoms with Gasteiger partial charge in [0, 0.05) is 5.56 Å². The molecule has 1 atom stereocenters. The summed E-state index contributed by atoms with van der Waals surface area (Å²) in [5, 5.41) is 13.6. The van der Waals surface area contributed by atoms with E-state index >= 15 is 0 Å². The summed E-state index contributed by atoms with van der Waals surface area (Å²) in [6, 6.07) is 9.73. The van der Waals surface area contributed by atoms with E-state index in [0.29, 0.717) is 22.7 Å². The number of anilines is 1. The van der Waals surface area contributed by atoms with Gasteiger partial charge in [-0.05, 0) is 59.8 Å². The molecule has 4 rings (SSSR count). The maximum atomic E-state index is 12.9. The van der Waals surface area contributed by atoms with Crippen molar-refractivity contribution < 1.29 is 32.2 Å². The lowest BCUT2D eigenvalue weighted by molar-refractivity contribution is -0.274. The Morgan fingerprint density at radius 3 is 2.72 bits per heavy atom. The molecule has 1 N–H and O–H groups in total. The van der Waals surface area contributed by atoms with Gasteiger partial charge in [0.15, 0.2) is 12.4 Å². The zero-order chi connectivity index (χ0) is 22.9. The Hall–Kier alpha value is -3.61. The highest BCUT2D eigenvalue weighted by atomic mass is 32.2. The molecule has 13 heteroatoms. The smallest absolute Gasteiger partial charge is 0.482 e. The van der Waals surface area contributed by atoms with E-state index in [4.69, 9.17) is 4.74 Å². The zero-order valence-electron chi connectivity index (χ0n) is 16.3. The van der Waals surface area contributed by atoms with Crippen molar-refractivity contribution in [2.75, 3.05) is 11.9 Å². The van der Waals surface area contributed by atoms with E-state index in [1.165, 1.54) is 22.9 Å². The first-order chi connectivity index (χ1) is 15.2. The number of tetrazole rings is 1. The molecule has 2 heterocycles. The molecule has 2 aromatic carbocycles. The molecule has 0 fully saturated rings. The number of thioether (sulfide) groups is 1. The highest BCUT2D eigenvalue weighted by Crippen LogP contribution is 2.31. The van der Waals surface area contributed by atoms with E-state index in [-0.39, 0.29) is 29.2 Å². The third-order valence-corrected chi connectivity index (χ3v) is 5.34. The Morgan fingerprint density at radius 1 is 1.25 bits per heavy atom. The van der Waals surface area contributed by atoms with Gasteiger partial charge in [0.1, 0.15) is 11.5 Å². The van der Waals surface area contributed by atoms with Crippen LogP contribution in [0.2, 0.25) is 0 Å². The van der Waals surface area contributed by atoms with Crippen LogP contribution in [0.15, 0.2) is 47.6 Å². The number of amides is 1. The van der Waals surface area contributed by atoms with E-state index < -0.39 is 11.6 Å². The van der Waals surface area contributed by atoms with Gasteiger partial charge in [0.05, 0.1) is 16.6 Å². The van der Waals surface area contributed by atoms with Crippen LogP contribution in [0.3, 0.4) is 0 Å². The minimum Gasteiger partial charge on any atom is -0.482 e. The van der Waals surface area contributed by atoms with Crippen LogP contribution in [0, 0.1) is 0 Å². The fourth-order valence-corrected chi connectivity index (χ4v) is 3.77. The molecule has 0 saturated carbocycles. The number of ether oxygens (including phenoxy) is 2. The maximum absolute atomic E-state index is 12.9.